The van der Waals surface area contributed by atoms with E-state index >= 15 is 0 Å². The fraction of sp³-hybridized carbons (Fsp3) is 0.407. The Bertz CT molecular complexity index is 1770. The van der Waals surface area contributed by atoms with E-state index in [0.717, 1.165) is 24.3 Å². The van der Waals surface area contributed by atoms with Gasteiger partial charge >= 0.3 is 0 Å². The minimum absolute atomic E-state index is 0.0288. The second kappa shape index (κ2) is 10.3. The number of H-pyrrole nitrogens is 1. The van der Waals surface area contributed by atoms with E-state index in [1.807, 2.05) is 24.0 Å². The summed E-state index contributed by atoms with van der Waals surface area (Å²) in [6.45, 7) is 9.32. The van der Waals surface area contributed by atoms with Crippen LogP contribution in [0.3, 0.4) is 0 Å². The molecule has 2 aromatic heterocycles. The van der Waals surface area contributed by atoms with Gasteiger partial charge in [0.05, 0.1) is 35.6 Å². The molecule has 2 saturated heterocycles. The van der Waals surface area contributed by atoms with Gasteiger partial charge in [0, 0.05) is 45.0 Å². The van der Waals surface area contributed by atoms with Crippen LogP contribution >= 0.6 is 0 Å². The molecule has 2 aromatic carbocycles. The summed E-state index contributed by atoms with van der Waals surface area (Å²) in [7, 11) is -4.03. The van der Waals surface area contributed by atoms with Crippen LogP contribution in [0.25, 0.3) is 16.6 Å². The van der Waals surface area contributed by atoms with Gasteiger partial charge in [-0.2, -0.15) is 4.52 Å². The molecule has 4 heterocycles. The molecule has 1 amide bonds. The first kappa shape index (κ1) is 26.4. The molecule has 40 heavy (non-hydrogen) atoms. The van der Waals surface area contributed by atoms with Crippen LogP contribution in [-0.2, 0) is 19.4 Å². The zero-order valence-electron chi connectivity index (χ0n) is 22.5. The topological polar surface area (TPSA) is 133 Å². The molecule has 4 aromatic rings. The minimum Gasteiger partial charge on any atom is -0.378 e. The van der Waals surface area contributed by atoms with E-state index in [2.05, 4.69) is 25.1 Å². The Morgan fingerprint density at radius 2 is 1.75 bits per heavy atom. The molecule has 0 radical (unpaired) electrons. The number of carbonyl (C=O) groups excluding carboxylic acids is 1. The van der Waals surface area contributed by atoms with Gasteiger partial charge in [0.2, 0.25) is 20.8 Å². The van der Waals surface area contributed by atoms with Crippen LogP contribution in [0.1, 0.15) is 11.1 Å². The van der Waals surface area contributed by atoms with Gasteiger partial charge in [-0.25, -0.2) is 8.42 Å². The molecule has 12 nitrogen and oxygen atoms in total. The van der Waals surface area contributed by atoms with E-state index in [1.165, 1.54) is 4.52 Å². The lowest BCUT2D eigenvalue weighted by Crippen LogP contribution is -2.51. The Morgan fingerprint density at radius 1 is 1.00 bits per heavy atom. The third-order valence-electron chi connectivity index (χ3n) is 7.66. The lowest BCUT2D eigenvalue weighted by molar-refractivity contribution is -0.136. The van der Waals surface area contributed by atoms with Crippen molar-refractivity contribution in [3.8, 4) is 0 Å². The monoisotopic (exact) mass is 565 g/mol. The van der Waals surface area contributed by atoms with E-state index in [4.69, 9.17) is 4.74 Å². The summed E-state index contributed by atoms with van der Waals surface area (Å²) in [6, 6.07) is 10.5. The van der Waals surface area contributed by atoms with Gasteiger partial charge in [0.15, 0.2) is 5.65 Å². The van der Waals surface area contributed by atoms with Crippen molar-refractivity contribution < 1.29 is 17.9 Å². The number of hydrogen-bond acceptors (Lipinski definition) is 9. The van der Waals surface area contributed by atoms with Crippen LogP contribution in [-0.4, -0.2) is 103 Å². The number of nitrogens with zero attached hydrogens (tertiary/aromatic N) is 6. The molecule has 0 bridgehead atoms. The number of benzene rings is 2. The third kappa shape index (κ3) is 4.73. The van der Waals surface area contributed by atoms with Gasteiger partial charge in [0.25, 0.3) is 5.56 Å². The van der Waals surface area contributed by atoms with Crippen LogP contribution in [0, 0.1) is 13.8 Å². The standard InChI is InChI=1S/C27H31N7O5S/c1-18-3-6-23(19(2)15-18)40(37,38)27-25-28-26(36)21-5-4-20(16-22(21)34(25)30-29-27)32-9-7-31(8-10-32)17-24(35)33-11-13-39-14-12-33/h3-6,15-16H,7-14,17H2,1-2H3,(H,28,36). The van der Waals surface area contributed by atoms with E-state index in [0.29, 0.717) is 62.4 Å². The van der Waals surface area contributed by atoms with E-state index in [-0.39, 0.29) is 21.5 Å². The van der Waals surface area contributed by atoms with Crippen LogP contribution in [0.4, 0.5) is 5.69 Å². The van der Waals surface area contributed by atoms with E-state index in [9.17, 15) is 18.0 Å². The molecule has 2 fully saturated rings. The summed E-state index contributed by atoms with van der Waals surface area (Å²) in [5, 5.41) is 8.24. The number of anilines is 1. The highest BCUT2D eigenvalue weighted by Crippen LogP contribution is 2.27. The van der Waals surface area contributed by atoms with Crippen molar-refractivity contribution in [3.63, 3.8) is 0 Å². The van der Waals surface area contributed by atoms with Gasteiger partial charge < -0.3 is 19.5 Å². The van der Waals surface area contributed by atoms with Gasteiger partial charge in [-0.15, -0.1) is 5.10 Å². The SMILES string of the molecule is Cc1ccc(S(=O)(=O)c2nnn3c2[nH]c(=O)c2ccc(N4CCN(CC(=O)N5CCOCC5)CC4)cc23)c(C)c1. The van der Waals surface area contributed by atoms with Crippen molar-refractivity contribution in [2.24, 2.45) is 0 Å². The highest BCUT2D eigenvalue weighted by molar-refractivity contribution is 7.91. The zero-order valence-corrected chi connectivity index (χ0v) is 23.3. The predicted octanol–water partition coefficient (Wildman–Crippen LogP) is 1.00. The molecule has 13 heteroatoms. The highest BCUT2D eigenvalue weighted by Gasteiger charge is 2.28. The van der Waals surface area contributed by atoms with Crippen LogP contribution in [0.2, 0.25) is 0 Å². The van der Waals surface area contributed by atoms with Crippen LogP contribution in [0.15, 0.2) is 51.1 Å². The summed E-state index contributed by atoms with van der Waals surface area (Å²) in [6.07, 6.45) is 0. The average molecular weight is 566 g/mol. The summed E-state index contributed by atoms with van der Waals surface area (Å²) < 4.78 is 33.8. The Balaban J connectivity index is 1.27. The Kier molecular flexibility index (Phi) is 6.80. The number of fused-ring (bicyclic) bond motifs is 3. The Labute approximate surface area is 231 Å². The minimum atomic E-state index is -4.03. The maximum Gasteiger partial charge on any atom is 0.259 e. The number of rotatable bonds is 5. The van der Waals surface area contributed by atoms with Gasteiger partial charge in [0.1, 0.15) is 0 Å². The Morgan fingerprint density at radius 3 is 2.48 bits per heavy atom. The number of nitrogens with one attached hydrogen (secondary N) is 1. The molecule has 0 spiro atoms. The lowest BCUT2D eigenvalue weighted by Gasteiger charge is -2.37. The number of sulfone groups is 1. The molecule has 1 N–H and O–H groups in total. The molecular weight excluding hydrogens is 534 g/mol. The molecule has 0 saturated carbocycles. The van der Waals surface area contributed by atoms with Crippen molar-refractivity contribution in [2.45, 2.75) is 23.8 Å². The van der Waals surface area contributed by atoms with Gasteiger partial charge in [-0.1, -0.05) is 22.9 Å². The molecule has 0 unspecified atom stereocenters. The first-order chi connectivity index (χ1) is 19.2. The van der Waals surface area contributed by atoms with Gasteiger partial charge in [-0.05, 0) is 43.7 Å². The Hall–Kier alpha value is -3.81. The van der Waals surface area contributed by atoms with Crippen molar-refractivity contribution in [3.05, 3.63) is 57.9 Å². The number of amides is 1. The molecule has 0 atom stereocenters. The number of aromatic amines is 1. The molecule has 2 aliphatic rings. The maximum atomic E-state index is 13.5. The van der Waals surface area contributed by atoms with Crippen molar-refractivity contribution in [1.82, 2.24) is 29.6 Å². The van der Waals surface area contributed by atoms with Crippen LogP contribution in [0.5, 0.6) is 0 Å². The van der Waals surface area contributed by atoms with E-state index < -0.39 is 15.4 Å². The van der Waals surface area contributed by atoms with Crippen molar-refractivity contribution in [2.75, 3.05) is 63.9 Å². The maximum absolute atomic E-state index is 13.5. The third-order valence-corrected chi connectivity index (χ3v) is 9.48. The predicted molar refractivity (Wildman–Crippen MR) is 149 cm³/mol. The number of aromatic nitrogens is 4. The lowest BCUT2D eigenvalue weighted by atomic mass is 10.2. The van der Waals surface area contributed by atoms with Gasteiger partial charge in [-0.3, -0.25) is 14.5 Å². The smallest absolute Gasteiger partial charge is 0.259 e. The van der Waals surface area contributed by atoms with E-state index in [1.54, 1.807) is 31.2 Å². The quantitative estimate of drug-likeness (QED) is 0.376. The highest BCUT2D eigenvalue weighted by atomic mass is 32.2. The fourth-order valence-corrected chi connectivity index (χ4v) is 6.93. The first-order valence-electron chi connectivity index (χ1n) is 13.3. The summed E-state index contributed by atoms with van der Waals surface area (Å²) in [4.78, 5) is 34.6. The second-order valence-electron chi connectivity index (χ2n) is 10.3. The number of morpholine rings is 1. The molecule has 6 rings (SSSR count). The van der Waals surface area contributed by atoms with Crippen LogP contribution < -0.4 is 10.5 Å². The average Bonchev–Trinajstić information content (AvgIpc) is 3.38. The van der Waals surface area contributed by atoms with Crippen molar-refractivity contribution in [1.29, 1.82) is 0 Å². The number of aryl methyl sites for hydroxylation is 2. The zero-order chi connectivity index (χ0) is 28.0. The summed E-state index contributed by atoms with van der Waals surface area (Å²) in [5.41, 5.74) is 2.50. The number of ether oxygens (including phenoxy) is 1. The fourth-order valence-electron chi connectivity index (χ4n) is 5.46. The summed E-state index contributed by atoms with van der Waals surface area (Å²) >= 11 is 0. The van der Waals surface area contributed by atoms with Crippen molar-refractivity contribution >= 4 is 38.0 Å². The normalized spacial score (nSPS) is 17.1. The number of carbonyl (C=O) groups is 1. The summed E-state index contributed by atoms with van der Waals surface area (Å²) in [5.74, 6) is 0.127. The number of piperazine rings is 1. The second-order valence-corrected chi connectivity index (χ2v) is 12.2. The molecular formula is C27H31N7O5S. The molecule has 0 aliphatic carbocycles. The molecule has 2 aliphatic heterocycles. The molecule has 210 valence electrons. The first-order valence-corrected chi connectivity index (χ1v) is 14.8. The largest absolute Gasteiger partial charge is 0.378 e. The number of hydrogen-bond donors (Lipinski definition) is 1.